The zero-order chi connectivity index (χ0) is 20.1. The number of carboxylic acids is 1. The van der Waals surface area contributed by atoms with Crippen LogP contribution in [0.15, 0.2) is 42.5 Å². The van der Waals surface area contributed by atoms with Crippen molar-refractivity contribution >= 4 is 28.6 Å². The molecule has 0 saturated carbocycles. The van der Waals surface area contributed by atoms with Gasteiger partial charge in [0.1, 0.15) is 5.75 Å². The fourth-order valence-electron chi connectivity index (χ4n) is 3.31. The maximum atomic E-state index is 12.4. The smallest absolute Gasteiger partial charge is 0.308 e. The lowest BCUT2D eigenvalue weighted by Crippen LogP contribution is -2.47. The minimum absolute atomic E-state index is 0.0910. The van der Waals surface area contributed by atoms with Gasteiger partial charge in [0, 0.05) is 20.1 Å². The largest absolute Gasteiger partial charge is 0.484 e. The van der Waals surface area contributed by atoms with Gasteiger partial charge in [-0.25, -0.2) is 0 Å². The van der Waals surface area contributed by atoms with Crippen LogP contribution in [0.4, 0.5) is 0 Å². The van der Waals surface area contributed by atoms with Crippen molar-refractivity contribution in [2.45, 2.75) is 12.8 Å². The number of ether oxygens (including phenoxy) is 1. The average molecular weight is 384 g/mol. The molecule has 1 saturated heterocycles. The molecule has 148 valence electrons. The van der Waals surface area contributed by atoms with Crippen molar-refractivity contribution in [2.75, 3.05) is 33.3 Å². The number of likely N-dealkylation sites (tertiary alicyclic amines) is 1. The van der Waals surface area contributed by atoms with Crippen molar-refractivity contribution < 1.29 is 24.2 Å². The molecule has 7 heteroatoms. The van der Waals surface area contributed by atoms with E-state index in [0.717, 1.165) is 10.8 Å². The Morgan fingerprint density at radius 3 is 2.68 bits per heavy atom. The first-order valence-electron chi connectivity index (χ1n) is 9.30. The van der Waals surface area contributed by atoms with E-state index in [2.05, 4.69) is 0 Å². The molecule has 0 radical (unpaired) electrons. The summed E-state index contributed by atoms with van der Waals surface area (Å²) in [6.07, 6.45) is 1.24. The third kappa shape index (κ3) is 4.79. The number of nitrogens with zero attached hydrogens (tertiary/aromatic N) is 2. The molecule has 1 aliphatic heterocycles. The van der Waals surface area contributed by atoms with Crippen molar-refractivity contribution in [3.8, 4) is 5.75 Å². The van der Waals surface area contributed by atoms with Crippen LogP contribution < -0.4 is 4.74 Å². The summed E-state index contributed by atoms with van der Waals surface area (Å²) in [5.74, 6) is -1.38. The minimum atomic E-state index is -0.884. The maximum Gasteiger partial charge on any atom is 0.308 e. The van der Waals surface area contributed by atoms with Gasteiger partial charge in [-0.2, -0.15) is 0 Å². The molecule has 3 rings (SSSR count). The predicted octanol–water partition coefficient (Wildman–Crippen LogP) is 2.00. The van der Waals surface area contributed by atoms with Crippen LogP contribution in [0.3, 0.4) is 0 Å². The van der Waals surface area contributed by atoms with E-state index < -0.39 is 11.9 Å². The van der Waals surface area contributed by atoms with Crippen molar-refractivity contribution in [1.82, 2.24) is 9.80 Å². The number of amides is 2. The normalized spacial score (nSPS) is 16.6. The van der Waals surface area contributed by atoms with Gasteiger partial charge in [-0.3, -0.25) is 14.4 Å². The first kappa shape index (κ1) is 19.7. The Labute approximate surface area is 163 Å². The molecule has 1 atom stereocenters. The molecule has 1 aliphatic rings. The highest BCUT2D eigenvalue weighted by Crippen LogP contribution is 2.20. The highest BCUT2D eigenvalue weighted by atomic mass is 16.5. The second-order valence-electron chi connectivity index (χ2n) is 7.06. The van der Waals surface area contributed by atoms with E-state index >= 15 is 0 Å². The van der Waals surface area contributed by atoms with Crippen molar-refractivity contribution in [3.63, 3.8) is 0 Å². The summed E-state index contributed by atoms with van der Waals surface area (Å²) in [6, 6.07) is 13.5. The van der Waals surface area contributed by atoms with Crippen LogP contribution in [0.25, 0.3) is 10.8 Å². The lowest BCUT2D eigenvalue weighted by Gasteiger charge is -2.32. The number of aliphatic carboxylic acids is 1. The second kappa shape index (κ2) is 8.73. The summed E-state index contributed by atoms with van der Waals surface area (Å²) < 4.78 is 5.58. The maximum absolute atomic E-state index is 12.4. The number of carboxylic acid groups (broad SMARTS) is 1. The fraction of sp³-hybridized carbons (Fsp3) is 0.381. The van der Waals surface area contributed by atoms with Gasteiger partial charge >= 0.3 is 5.97 Å². The monoisotopic (exact) mass is 384 g/mol. The molecule has 0 aliphatic carbocycles. The van der Waals surface area contributed by atoms with Gasteiger partial charge < -0.3 is 19.6 Å². The third-order valence-corrected chi connectivity index (χ3v) is 5.00. The Hall–Kier alpha value is -3.09. The Morgan fingerprint density at radius 2 is 1.93 bits per heavy atom. The van der Waals surface area contributed by atoms with Crippen LogP contribution in [0.5, 0.6) is 5.75 Å². The number of carbonyl (C=O) groups excluding carboxylic acids is 2. The summed E-state index contributed by atoms with van der Waals surface area (Å²) >= 11 is 0. The number of benzene rings is 2. The van der Waals surface area contributed by atoms with Gasteiger partial charge in [0.05, 0.1) is 12.5 Å². The molecule has 2 aromatic rings. The molecule has 0 aromatic heterocycles. The molecule has 7 nitrogen and oxygen atoms in total. The Bertz CT molecular complexity index is 882. The standard InChI is InChI=1S/C21H24N2O5/c1-22(13-19(24)23-10-4-7-17(12-23)21(26)27)20(25)14-28-18-9-8-15-5-2-3-6-16(15)11-18/h2-3,5-6,8-9,11,17H,4,7,10,12-14H2,1H3,(H,26,27). The van der Waals surface area contributed by atoms with Gasteiger partial charge in [0.25, 0.3) is 5.91 Å². The number of rotatable bonds is 6. The van der Waals surface area contributed by atoms with Gasteiger partial charge in [-0.15, -0.1) is 0 Å². The van der Waals surface area contributed by atoms with Crippen molar-refractivity contribution in [3.05, 3.63) is 42.5 Å². The third-order valence-electron chi connectivity index (χ3n) is 5.00. The molecule has 2 aromatic carbocycles. The summed E-state index contributed by atoms with van der Waals surface area (Å²) in [4.78, 5) is 38.7. The quantitative estimate of drug-likeness (QED) is 0.823. The average Bonchev–Trinajstić information content (AvgIpc) is 2.71. The summed E-state index contributed by atoms with van der Waals surface area (Å²) in [6.45, 7) is 0.466. The van der Waals surface area contributed by atoms with E-state index in [-0.39, 0.29) is 31.5 Å². The Morgan fingerprint density at radius 1 is 1.18 bits per heavy atom. The molecular weight excluding hydrogens is 360 g/mol. The summed E-state index contributed by atoms with van der Waals surface area (Å²) in [5, 5.41) is 11.2. The molecule has 1 heterocycles. The van der Waals surface area contributed by atoms with Crippen LogP contribution in [-0.4, -0.2) is 66.0 Å². The molecule has 1 N–H and O–H groups in total. The van der Waals surface area contributed by atoms with Crippen molar-refractivity contribution in [1.29, 1.82) is 0 Å². The van der Waals surface area contributed by atoms with Crippen LogP contribution >= 0.6 is 0 Å². The number of hydrogen-bond acceptors (Lipinski definition) is 4. The van der Waals surface area contributed by atoms with Gasteiger partial charge in [0.2, 0.25) is 5.91 Å². The topological polar surface area (TPSA) is 87.2 Å². The number of likely N-dealkylation sites (N-methyl/N-ethyl adjacent to an activating group) is 1. The van der Waals surface area contributed by atoms with E-state index in [1.54, 1.807) is 13.1 Å². The van der Waals surface area contributed by atoms with Crippen molar-refractivity contribution in [2.24, 2.45) is 5.92 Å². The van der Waals surface area contributed by atoms with Crippen LogP contribution in [0.2, 0.25) is 0 Å². The van der Waals surface area contributed by atoms with E-state index in [4.69, 9.17) is 9.84 Å². The number of hydrogen-bond donors (Lipinski definition) is 1. The molecule has 28 heavy (non-hydrogen) atoms. The molecule has 1 unspecified atom stereocenters. The van der Waals surface area contributed by atoms with Gasteiger partial charge in [-0.05, 0) is 35.7 Å². The summed E-state index contributed by atoms with van der Waals surface area (Å²) in [5.41, 5.74) is 0. The Kier molecular flexibility index (Phi) is 6.13. The van der Waals surface area contributed by atoms with E-state index in [9.17, 15) is 14.4 Å². The highest BCUT2D eigenvalue weighted by molar-refractivity contribution is 5.86. The lowest BCUT2D eigenvalue weighted by molar-refractivity contribution is -0.147. The zero-order valence-electron chi connectivity index (χ0n) is 15.8. The van der Waals surface area contributed by atoms with E-state index in [1.807, 2.05) is 36.4 Å². The molecule has 0 spiro atoms. The highest BCUT2D eigenvalue weighted by Gasteiger charge is 2.29. The molecular formula is C21H24N2O5. The Balaban J connectivity index is 1.51. The lowest BCUT2D eigenvalue weighted by atomic mass is 9.98. The van der Waals surface area contributed by atoms with Crippen LogP contribution in [0.1, 0.15) is 12.8 Å². The number of carbonyl (C=O) groups is 3. The molecule has 1 fully saturated rings. The SMILES string of the molecule is CN(CC(=O)N1CCCC(C(=O)O)C1)C(=O)COc1ccc2ccccc2c1. The molecule has 0 bridgehead atoms. The van der Waals surface area contributed by atoms with E-state index in [0.29, 0.717) is 25.1 Å². The summed E-state index contributed by atoms with van der Waals surface area (Å²) in [7, 11) is 1.54. The number of piperidine rings is 1. The second-order valence-corrected chi connectivity index (χ2v) is 7.06. The van der Waals surface area contributed by atoms with E-state index in [1.165, 1.54) is 9.80 Å². The fourth-order valence-corrected chi connectivity index (χ4v) is 3.31. The minimum Gasteiger partial charge on any atom is -0.484 e. The van der Waals surface area contributed by atoms with Crippen LogP contribution in [-0.2, 0) is 14.4 Å². The van der Waals surface area contributed by atoms with Crippen LogP contribution in [0, 0.1) is 5.92 Å². The predicted molar refractivity (Wildman–Crippen MR) is 104 cm³/mol. The van der Waals surface area contributed by atoms with Gasteiger partial charge in [0.15, 0.2) is 6.61 Å². The first-order chi connectivity index (χ1) is 13.4. The number of fused-ring (bicyclic) bond motifs is 1. The molecule has 2 amide bonds. The van der Waals surface area contributed by atoms with Gasteiger partial charge in [-0.1, -0.05) is 30.3 Å². The zero-order valence-corrected chi connectivity index (χ0v) is 15.8. The first-order valence-corrected chi connectivity index (χ1v) is 9.30.